The van der Waals surface area contributed by atoms with Crippen molar-refractivity contribution in [2.75, 3.05) is 0 Å². The number of hydrogen-bond acceptors (Lipinski definition) is 3. The molecular formula is C16H17BrO3. The molecule has 1 aromatic rings. The molecule has 3 nitrogen and oxygen atoms in total. The van der Waals surface area contributed by atoms with E-state index in [1.54, 1.807) is 6.08 Å². The SMILES string of the molecule is Cc1ccc(/C=C/C(=O)O[C@H]2CCCCC2=O)c(Br)c1. The first-order valence-corrected chi connectivity index (χ1v) is 7.53. The number of esters is 1. The van der Waals surface area contributed by atoms with Crippen molar-refractivity contribution in [3.63, 3.8) is 0 Å². The Morgan fingerprint density at radius 1 is 1.40 bits per heavy atom. The van der Waals surface area contributed by atoms with Gasteiger partial charge in [0, 0.05) is 17.0 Å². The standard InChI is InChI=1S/C16H17BrO3/c1-11-6-7-12(13(17)10-11)8-9-16(19)20-15-5-3-2-4-14(15)18/h6-10,15H,2-5H2,1H3/b9-8+/t15-/m0/s1. The third kappa shape index (κ3) is 4.04. The minimum atomic E-state index is -0.553. The zero-order valence-corrected chi connectivity index (χ0v) is 13.0. The molecule has 20 heavy (non-hydrogen) atoms. The molecule has 0 unspecified atom stereocenters. The number of aryl methyl sites for hydroxylation is 1. The Morgan fingerprint density at radius 3 is 2.90 bits per heavy atom. The quantitative estimate of drug-likeness (QED) is 0.622. The minimum absolute atomic E-state index is 0.0366. The first-order valence-electron chi connectivity index (χ1n) is 6.74. The van der Waals surface area contributed by atoms with E-state index >= 15 is 0 Å². The number of benzene rings is 1. The average Bonchev–Trinajstić information content (AvgIpc) is 2.40. The molecule has 0 N–H and O–H groups in total. The van der Waals surface area contributed by atoms with Crippen molar-refractivity contribution in [3.05, 3.63) is 39.9 Å². The molecule has 2 rings (SSSR count). The number of hydrogen-bond donors (Lipinski definition) is 0. The van der Waals surface area contributed by atoms with Crippen LogP contribution in [0, 0.1) is 6.92 Å². The van der Waals surface area contributed by atoms with E-state index in [1.165, 1.54) is 6.08 Å². The monoisotopic (exact) mass is 336 g/mol. The van der Waals surface area contributed by atoms with Gasteiger partial charge in [-0.3, -0.25) is 4.79 Å². The summed E-state index contributed by atoms with van der Waals surface area (Å²) >= 11 is 3.45. The van der Waals surface area contributed by atoms with E-state index in [9.17, 15) is 9.59 Å². The van der Waals surface area contributed by atoms with Gasteiger partial charge in [-0.15, -0.1) is 0 Å². The van der Waals surface area contributed by atoms with Gasteiger partial charge in [-0.25, -0.2) is 4.79 Å². The lowest BCUT2D eigenvalue weighted by Crippen LogP contribution is -2.29. The van der Waals surface area contributed by atoms with Gasteiger partial charge in [-0.2, -0.15) is 0 Å². The topological polar surface area (TPSA) is 43.4 Å². The van der Waals surface area contributed by atoms with Crippen LogP contribution < -0.4 is 0 Å². The first-order chi connectivity index (χ1) is 9.56. The van der Waals surface area contributed by atoms with Crippen molar-refractivity contribution in [1.29, 1.82) is 0 Å². The maximum Gasteiger partial charge on any atom is 0.331 e. The van der Waals surface area contributed by atoms with Crippen LogP contribution in [-0.4, -0.2) is 17.9 Å². The number of ether oxygens (including phenoxy) is 1. The zero-order valence-electron chi connectivity index (χ0n) is 11.4. The summed E-state index contributed by atoms with van der Waals surface area (Å²) < 4.78 is 6.12. The largest absolute Gasteiger partial charge is 0.451 e. The third-order valence-corrected chi connectivity index (χ3v) is 4.00. The summed E-state index contributed by atoms with van der Waals surface area (Å²) in [6.07, 6.45) is 5.52. The minimum Gasteiger partial charge on any atom is -0.451 e. The van der Waals surface area contributed by atoms with Crippen LogP contribution in [0.25, 0.3) is 6.08 Å². The summed E-state index contributed by atoms with van der Waals surface area (Å²) in [7, 11) is 0. The van der Waals surface area contributed by atoms with Gasteiger partial charge in [-0.1, -0.05) is 28.1 Å². The van der Waals surface area contributed by atoms with Crippen molar-refractivity contribution >= 4 is 33.8 Å². The van der Waals surface area contributed by atoms with Crippen LogP contribution in [0.15, 0.2) is 28.7 Å². The van der Waals surface area contributed by atoms with E-state index in [1.807, 2.05) is 25.1 Å². The Morgan fingerprint density at radius 2 is 2.20 bits per heavy atom. The zero-order chi connectivity index (χ0) is 14.5. The summed E-state index contributed by atoms with van der Waals surface area (Å²) in [5.74, 6) is -0.424. The maximum absolute atomic E-state index is 11.7. The summed E-state index contributed by atoms with van der Waals surface area (Å²) in [6, 6.07) is 5.88. The molecule has 0 aromatic heterocycles. The second-order valence-corrected chi connectivity index (χ2v) is 5.85. The molecule has 0 heterocycles. The Hall–Kier alpha value is -1.42. The van der Waals surface area contributed by atoms with Crippen molar-refractivity contribution in [1.82, 2.24) is 0 Å². The highest BCUT2D eigenvalue weighted by Gasteiger charge is 2.24. The molecule has 1 aliphatic rings. The van der Waals surface area contributed by atoms with E-state index in [2.05, 4.69) is 15.9 Å². The number of carbonyl (C=O) groups is 2. The van der Waals surface area contributed by atoms with Crippen LogP contribution >= 0.6 is 15.9 Å². The molecule has 0 aliphatic heterocycles. The molecule has 1 aliphatic carbocycles. The van der Waals surface area contributed by atoms with Gasteiger partial charge < -0.3 is 4.74 Å². The van der Waals surface area contributed by atoms with Gasteiger partial charge in [0.1, 0.15) is 0 Å². The lowest BCUT2D eigenvalue weighted by molar-refractivity contribution is -0.152. The van der Waals surface area contributed by atoms with Gasteiger partial charge in [0.25, 0.3) is 0 Å². The molecule has 1 saturated carbocycles. The predicted octanol–water partition coefficient (Wildman–Crippen LogP) is 3.83. The fourth-order valence-electron chi connectivity index (χ4n) is 2.18. The van der Waals surface area contributed by atoms with Gasteiger partial charge in [0.15, 0.2) is 11.9 Å². The third-order valence-electron chi connectivity index (χ3n) is 3.31. The second-order valence-electron chi connectivity index (χ2n) is 5.00. The van der Waals surface area contributed by atoms with Crippen molar-refractivity contribution in [2.24, 2.45) is 0 Å². The Balaban J connectivity index is 1.96. The second kappa shape index (κ2) is 6.84. The highest BCUT2D eigenvalue weighted by Crippen LogP contribution is 2.20. The smallest absolute Gasteiger partial charge is 0.331 e. The summed E-state index contributed by atoms with van der Waals surface area (Å²) in [5.41, 5.74) is 2.05. The van der Waals surface area contributed by atoms with Crippen molar-refractivity contribution in [3.8, 4) is 0 Å². The fourth-order valence-corrected chi connectivity index (χ4v) is 2.81. The molecule has 4 heteroatoms. The van der Waals surface area contributed by atoms with Crippen LogP contribution in [0.2, 0.25) is 0 Å². The molecule has 0 saturated heterocycles. The van der Waals surface area contributed by atoms with Crippen LogP contribution in [0.4, 0.5) is 0 Å². The average molecular weight is 337 g/mol. The van der Waals surface area contributed by atoms with Crippen LogP contribution in [0.5, 0.6) is 0 Å². The van der Waals surface area contributed by atoms with E-state index in [0.29, 0.717) is 12.8 Å². The van der Waals surface area contributed by atoms with Crippen molar-refractivity contribution < 1.29 is 14.3 Å². The van der Waals surface area contributed by atoms with Crippen LogP contribution in [0.1, 0.15) is 36.8 Å². The first kappa shape index (κ1) is 15.0. The molecule has 106 valence electrons. The van der Waals surface area contributed by atoms with Gasteiger partial charge in [0.05, 0.1) is 0 Å². The molecule has 0 bridgehead atoms. The van der Waals surface area contributed by atoms with Crippen LogP contribution in [-0.2, 0) is 14.3 Å². The molecule has 0 amide bonds. The Labute approximate surface area is 127 Å². The Kier molecular flexibility index (Phi) is 5.12. The van der Waals surface area contributed by atoms with E-state index in [0.717, 1.165) is 28.4 Å². The number of Topliss-reactive ketones (excluding diaryl/α,β-unsaturated/α-hetero) is 1. The highest BCUT2D eigenvalue weighted by atomic mass is 79.9. The highest BCUT2D eigenvalue weighted by molar-refractivity contribution is 9.10. The van der Waals surface area contributed by atoms with Crippen molar-refractivity contribution in [2.45, 2.75) is 38.7 Å². The Bertz CT molecular complexity index is 549. The fraction of sp³-hybridized carbons (Fsp3) is 0.375. The summed E-state index contributed by atoms with van der Waals surface area (Å²) in [4.78, 5) is 23.3. The van der Waals surface area contributed by atoms with E-state index < -0.39 is 12.1 Å². The maximum atomic E-state index is 11.7. The van der Waals surface area contributed by atoms with Gasteiger partial charge >= 0.3 is 5.97 Å². The summed E-state index contributed by atoms with van der Waals surface area (Å²) in [6.45, 7) is 2.00. The van der Waals surface area contributed by atoms with Crippen LogP contribution in [0.3, 0.4) is 0 Å². The predicted molar refractivity (Wildman–Crippen MR) is 81.3 cm³/mol. The molecule has 0 radical (unpaired) electrons. The summed E-state index contributed by atoms with van der Waals surface area (Å²) in [5, 5.41) is 0. The number of ketones is 1. The van der Waals surface area contributed by atoms with Gasteiger partial charge in [0.2, 0.25) is 0 Å². The van der Waals surface area contributed by atoms with E-state index in [4.69, 9.17) is 4.74 Å². The number of carbonyl (C=O) groups excluding carboxylic acids is 2. The lowest BCUT2D eigenvalue weighted by atomic mass is 9.96. The molecular weight excluding hydrogens is 320 g/mol. The number of rotatable bonds is 3. The normalized spacial score (nSPS) is 19.3. The number of halogens is 1. The molecule has 0 spiro atoms. The molecule has 1 atom stereocenters. The van der Waals surface area contributed by atoms with Gasteiger partial charge in [-0.05, 0) is 49.5 Å². The lowest BCUT2D eigenvalue weighted by Gasteiger charge is -2.19. The molecule has 1 fully saturated rings. The molecule has 1 aromatic carbocycles. The van der Waals surface area contributed by atoms with E-state index in [-0.39, 0.29) is 5.78 Å².